The monoisotopic (exact) mass is 424 g/mol. The van der Waals surface area contributed by atoms with E-state index in [-0.39, 0.29) is 5.41 Å². The summed E-state index contributed by atoms with van der Waals surface area (Å²) in [4.78, 5) is 11.6. The van der Waals surface area contributed by atoms with Gasteiger partial charge in [0.25, 0.3) is 0 Å². The van der Waals surface area contributed by atoms with Gasteiger partial charge in [-0.2, -0.15) is 0 Å². The average Bonchev–Trinajstić information content (AvgIpc) is 2.48. The number of carboxylic acid groups (broad SMARTS) is 1. The molecule has 0 amide bonds. The molecule has 1 atom stereocenters. The highest BCUT2D eigenvalue weighted by Gasteiger charge is 2.24. The standard InChI is InChI=1S/C19H21IO3/c1-19(2,3)15-6-4-5-7-16(15)23-17(18(21)22)12-13-8-10-14(20)11-9-13/h4-11,17H,12H2,1-3H3,(H,21,22)/t17-/m1/s1. The van der Waals surface area contributed by atoms with E-state index in [0.717, 1.165) is 14.7 Å². The van der Waals surface area contributed by atoms with Crippen LogP contribution in [0, 0.1) is 3.57 Å². The van der Waals surface area contributed by atoms with Crippen LogP contribution in [0.15, 0.2) is 48.5 Å². The van der Waals surface area contributed by atoms with E-state index in [1.807, 2.05) is 48.5 Å². The maximum Gasteiger partial charge on any atom is 0.345 e. The highest BCUT2D eigenvalue weighted by molar-refractivity contribution is 14.1. The van der Waals surface area contributed by atoms with Crippen LogP contribution in [0.2, 0.25) is 0 Å². The van der Waals surface area contributed by atoms with Gasteiger partial charge in [-0.3, -0.25) is 0 Å². The molecule has 0 unspecified atom stereocenters. The second kappa shape index (κ2) is 7.34. The maximum absolute atomic E-state index is 11.6. The molecule has 1 N–H and O–H groups in total. The molecule has 0 radical (unpaired) electrons. The van der Waals surface area contributed by atoms with Gasteiger partial charge < -0.3 is 9.84 Å². The van der Waals surface area contributed by atoms with Crippen LogP contribution in [-0.4, -0.2) is 17.2 Å². The summed E-state index contributed by atoms with van der Waals surface area (Å²) < 4.78 is 6.99. The number of para-hydroxylation sites is 1. The minimum atomic E-state index is -0.952. The van der Waals surface area contributed by atoms with E-state index in [2.05, 4.69) is 43.4 Å². The zero-order valence-electron chi connectivity index (χ0n) is 13.5. The first kappa shape index (κ1) is 17.8. The molecule has 23 heavy (non-hydrogen) atoms. The van der Waals surface area contributed by atoms with Gasteiger partial charge in [0.1, 0.15) is 5.75 Å². The van der Waals surface area contributed by atoms with Crippen molar-refractivity contribution in [3.63, 3.8) is 0 Å². The number of halogens is 1. The summed E-state index contributed by atoms with van der Waals surface area (Å²) in [6.07, 6.45) is -0.566. The van der Waals surface area contributed by atoms with Crippen LogP contribution in [0.5, 0.6) is 5.75 Å². The van der Waals surface area contributed by atoms with Crippen molar-refractivity contribution < 1.29 is 14.6 Å². The van der Waals surface area contributed by atoms with Crippen LogP contribution >= 0.6 is 22.6 Å². The first-order valence-corrected chi connectivity index (χ1v) is 8.58. The number of hydrogen-bond donors (Lipinski definition) is 1. The van der Waals surface area contributed by atoms with Gasteiger partial charge in [-0.15, -0.1) is 0 Å². The number of rotatable bonds is 5. The fourth-order valence-electron chi connectivity index (χ4n) is 2.36. The summed E-state index contributed by atoms with van der Waals surface area (Å²) in [6, 6.07) is 15.5. The Bertz CT molecular complexity index is 672. The van der Waals surface area contributed by atoms with Crippen LogP contribution in [0.4, 0.5) is 0 Å². The van der Waals surface area contributed by atoms with Gasteiger partial charge in [0.15, 0.2) is 6.10 Å². The minimum Gasteiger partial charge on any atom is -0.478 e. The Kier molecular flexibility index (Phi) is 5.68. The predicted molar refractivity (Wildman–Crippen MR) is 100 cm³/mol. The molecule has 0 spiro atoms. The lowest BCUT2D eigenvalue weighted by atomic mass is 9.86. The van der Waals surface area contributed by atoms with Crippen LogP contribution in [0.25, 0.3) is 0 Å². The molecule has 122 valence electrons. The summed E-state index contributed by atoms with van der Waals surface area (Å²) in [6.45, 7) is 6.26. The SMILES string of the molecule is CC(C)(C)c1ccccc1O[C@H](Cc1ccc(I)cc1)C(=O)O. The van der Waals surface area contributed by atoms with Gasteiger partial charge in [-0.1, -0.05) is 51.1 Å². The van der Waals surface area contributed by atoms with Crippen molar-refractivity contribution in [3.05, 3.63) is 63.2 Å². The van der Waals surface area contributed by atoms with Gasteiger partial charge in [-0.25, -0.2) is 4.79 Å². The Hall–Kier alpha value is -1.56. The molecule has 2 aromatic rings. The lowest BCUT2D eigenvalue weighted by Gasteiger charge is -2.24. The van der Waals surface area contributed by atoms with Crippen molar-refractivity contribution in [1.29, 1.82) is 0 Å². The van der Waals surface area contributed by atoms with Crippen molar-refractivity contribution in [1.82, 2.24) is 0 Å². The first-order chi connectivity index (χ1) is 10.8. The maximum atomic E-state index is 11.6. The second-order valence-electron chi connectivity index (χ2n) is 6.52. The number of carboxylic acids is 1. The van der Waals surface area contributed by atoms with Crippen LogP contribution < -0.4 is 4.74 Å². The van der Waals surface area contributed by atoms with E-state index in [1.54, 1.807) is 0 Å². The highest BCUT2D eigenvalue weighted by atomic mass is 127. The van der Waals surface area contributed by atoms with Crippen LogP contribution in [0.1, 0.15) is 31.9 Å². The Morgan fingerprint density at radius 2 is 1.74 bits per heavy atom. The lowest BCUT2D eigenvalue weighted by Crippen LogP contribution is -2.30. The van der Waals surface area contributed by atoms with E-state index >= 15 is 0 Å². The molecular formula is C19H21IO3. The summed E-state index contributed by atoms with van der Waals surface area (Å²) in [5.41, 5.74) is 1.85. The smallest absolute Gasteiger partial charge is 0.345 e. The van der Waals surface area contributed by atoms with Crippen molar-refractivity contribution in [2.45, 2.75) is 38.7 Å². The molecule has 0 aromatic heterocycles. The van der Waals surface area contributed by atoms with E-state index < -0.39 is 12.1 Å². The quantitative estimate of drug-likeness (QED) is 0.711. The normalized spacial score (nSPS) is 12.7. The summed E-state index contributed by atoms with van der Waals surface area (Å²) in [5.74, 6) is -0.315. The number of carbonyl (C=O) groups is 1. The molecule has 0 aliphatic carbocycles. The number of benzene rings is 2. The van der Waals surface area contributed by atoms with Gasteiger partial charge >= 0.3 is 5.97 Å². The van der Waals surface area contributed by atoms with Gasteiger partial charge in [0.2, 0.25) is 0 Å². The zero-order chi connectivity index (χ0) is 17.0. The molecule has 0 aliphatic heterocycles. The van der Waals surface area contributed by atoms with Crippen molar-refractivity contribution in [3.8, 4) is 5.75 Å². The van der Waals surface area contributed by atoms with E-state index in [1.165, 1.54) is 0 Å². The second-order valence-corrected chi connectivity index (χ2v) is 7.77. The molecule has 2 aromatic carbocycles. The highest BCUT2D eigenvalue weighted by Crippen LogP contribution is 2.31. The molecular weight excluding hydrogens is 403 g/mol. The summed E-state index contributed by atoms with van der Waals surface area (Å²) in [5, 5.41) is 9.52. The Balaban J connectivity index is 2.24. The van der Waals surface area contributed by atoms with Gasteiger partial charge in [0.05, 0.1) is 0 Å². The molecule has 3 nitrogen and oxygen atoms in total. The molecule has 2 rings (SSSR count). The zero-order valence-corrected chi connectivity index (χ0v) is 15.7. The lowest BCUT2D eigenvalue weighted by molar-refractivity contribution is -0.145. The third-order valence-electron chi connectivity index (χ3n) is 3.57. The number of ether oxygens (including phenoxy) is 1. The van der Waals surface area contributed by atoms with Gasteiger partial charge in [-0.05, 0) is 57.3 Å². The number of aliphatic carboxylic acids is 1. The predicted octanol–water partition coefficient (Wildman–Crippen LogP) is 4.66. The van der Waals surface area contributed by atoms with Crippen molar-refractivity contribution in [2.75, 3.05) is 0 Å². The molecule has 0 fully saturated rings. The van der Waals surface area contributed by atoms with Crippen molar-refractivity contribution in [2.24, 2.45) is 0 Å². The largest absolute Gasteiger partial charge is 0.478 e. The minimum absolute atomic E-state index is 0.109. The molecule has 4 heteroatoms. The molecule has 0 saturated heterocycles. The summed E-state index contributed by atoms with van der Waals surface area (Å²) in [7, 11) is 0. The Labute approximate surface area is 150 Å². The molecule has 0 bridgehead atoms. The van der Waals surface area contributed by atoms with Gasteiger partial charge in [0, 0.05) is 9.99 Å². The van der Waals surface area contributed by atoms with E-state index in [0.29, 0.717) is 12.2 Å². The Morgan fingerprint density at radius 1 is 1.13 bits per heavy atom. The van der Waals surface area contributed by atoms with Crippen LogP contribution in [-0.2, 0) is 16.6 Å². The summed E-state index contributed by atoms with van der Waals surface area (Å²) >= 11 is 2.23. The van der Waals surface area contributed by atoms with Crippen molar-refractivity contribution >= 4 is 28.6 Å². The fraction of sp³-hybridized carbons (Fsp3) is 0.316. The molecule has 0 heterocycles. The first-order valence-electron chi connectivity index (χ1n) is 7.51. The third kappa shape index (κ3) is 4.96. The number of hydrogen-bond acceptors (Lipinski definition) is 2. The molecule has 0 saturated carbocycles. The van der Waals surface area contributed by atoms with Crippen LogP contribution in [0.3, 0.4) is 0 Å². The molecule has 0 aliphatic rings. The third-order valence-corrected chi connectivity index (χ3v) is 4.29. The fourth-order valence-corrected chi connectivity index (χ4v) is 2.72. The Morgan fingerprint density at radius 3 is 2.30 bits per heavy atom. The average molecular weight is 424 g/mol. The van der Waals surface area contributed by atoms with E-state index in [9.17, 15) is 9.90 Å². The topological polar surface area (TPSA) is 46.5 Å². The van der Waals surface area contributed by atoms with E-state index in [4.69, 9.17) is 4.74 Å².